The maximum absolute atomic E-state index is 12.1. The molecule has 0 aromatic rings. The predicted octanol–water partition coefficient (Wildman–Crippen LogP) is 1.60. The van der Waals surface area contributed by atoms with Gasteiger partial charge in [0.1, 0.15) is 11.6 Å². The molecule has 1 heterocycles. The Labute approximate surface area is 115 Å². The Kier molecular flexibility index (Phi) is 5.35. The van der Waals surface area contributed by atoms with Crippen molar-refractivity contribution in [2.75, 3.05) is 20.2 Å². The predicted molar refractivity (Wildman–Crippen MR) is 71.6 cm³/mol. The van der Waals surface area contributed by atoms with E-state index in [2.05, 4.69) is 0 Å². The second-order valence-electron chi connectivity index (χ2n) is 6.11. The van der Waals surface area contributed by atoms with E-state index >= 15 is 0 Å². The fourth-order valence-corrected chi connectivity index (χ4v) is 2.31. The highest BCUT2D eigenvalue weighted by Gasteiger charge is 2.35. The number of likely N-dealkylation sites (tertiary alicyclic amines) is 1. The summed E-state index contributed by atoms with van der Waals surface area (Å²) in [7, 11) is 1.38. The molecule has 0 aromatic carbocycles. The van der Waals surface area contributed by atoms with Gasteiger partial charge in [-0.25, -0.2) is 0 Å². The largest absolute Gasteiger partial charge is 0.469 e. The van der Waals surface area contributed by atoms with Crippen molar-refractivity contribution in [3.8, 4) is 0 Å². The highest BCUT2D eigenvalue weighted by Crippen LogP contribution is 2.22. The average Bonchev–Trinajstić information content (AvgIpc) is 2.73. The van der Waals surface area contributed by atoms with Gasteiger partial charge in [0, 0.05) is 6.54 Å². The molecule has 1 fully saturated rings. The number of ether oxygens (including phenoxy) is 2. The van der Waals surface area contributed by atoms with Gasteiger partial charge in [-0.3, -0.25) is 14.5 Å². The molecule has 19 heavy (non-hydrogen) atoms. The first kappa shape index (κ1) is 16.0. The Morgan fingerprint density at radius 2 is 2.00 bits per heavy atom. The van der Waals surface area contributed by atoms with Crippen LogP contribution in [0.1, 0.15) is 40.5 Å². The van der Waals surface area contributed by atoms with E-state index in [4.69, 9.17) is 9.47 Å². The van der Waals surface area contributed by atoms with Crippen LogP contribution in [0.3, 0.4) is 0 Å². The minimum atomic E-state index is -0.473. The number of esters is 2. The zero-order valence-corrected chi connectivity index (χ0v) is 12.6. The van der Waals surface area contributed by atoms with Crippen LogP contribution in [-0.4, -0.2) is 48.7 Å². The van der Waals surface area contributed by atoms with Gasteiger partial charge in [-0.05, 0) is 40.2 Å². The number of hydrogen-bond acceptors (Lipinski definition) is 5. The number of carbonyl (C=O) groups is 2. The molecule has 0 saturated carbocycles. The molecule has 110 valence electrons. The van der Waals surface area contributed by atoms with E-state index in [-0.39, 0.29) is 23.9 Å². The number of methoxy groups -OCH3 is 1. The third-order valence-electron chi connectivity index (χ3n) is 3.15. The number of hydrogen-bond donors (Lipinski definition) is 0. The van der Waals surface area contributed by atoms with Gasteiger partial charge in [-0.2, -0.15) is 0 Å². The monoisotopic (exact) mass is 271 g/mol. The molecule has 0 radical (unpaired) electrons. The topological polar surface area (TPSA) is 55.8 Å². The lowest BCUT2D eigenvalue weighted by Gasteiger charge is -2.28. The molecule has 0 spiro atoms. The molecule has 0 aromatic heterocycles. The molecule has 0 N–H and O–H groups in total. The van der Waals surface area contributed by atoms with Gasteiger partial charge in [0.15, 0.2) is 0 Å². The summed E-state index contributed by atoms with van der Waals surface area (Å²) in [6.07, 6.45) is 1.75. The highest BCUT2D eigenvalue weighted by molar-refractivity contribution is 5.77. The van der Waals surface area contributed by atoms with Crippen LogP contribution in [0.5, 0.6) is 0 Å². The normalized spacial score (nSPS) is 22.1. The second kappa shape index (κ2) is 6.37. The van der Waals surface area contributed by atoms with Crippen LogP contribution in [0.25, 0.3) is 0 Å². The van der Waals surface area contributed by atoms with Crippen molar-refractivity contribution in [1.29, 1.82) is 0 Å². The zero-order valence-electron chi connectivity index (χ0n) is 12.6. The van der Waals surface area contributed by atoms with Crippen molar-refractivity contribution < 1.29 is 19.1 Å². The van der Waals surface area contributed by atoms with E-state index in [1.165, 1.54) is 7.11 Å². The smallest absolute Gasteiger partial charge is 0.323 e. The van der Waals surface area contributed by atoms with Crippen molar-refractivity contribution in [2.45, 2.75) is 52.2 Å². The van der Waals surface area contributed by atoms with E-state index < -0.39 is 5.60 Å². The molecule has 0 aliphatic carbocycles. The Morgan fingerprint density at radius 3 is 2.53 bits per heavy atom. The Bertz CT molecular complexity index is 335. The van der Waals surface area contributed by atoms with Crippen LogP contribution >= 0.6 is 0 Å². The third kappa shape index (κ3) is 4.82. The van der Waals surface area contributed by atoms with E-state index in [1.807, 2.05) is 32.6 Å². The minimum absolute atomic E-state index is 0.193. The van der Waals surface area contributed by atoms with E-state index in [0.717, 1.165) is 19.4 Å². The number of nitrogens with zero attached hydrogens (tertiary/aromatic N) is 1. The molecule has 5 nitrogen and oxygen atoms in total. The Hall–Kier alpha value is -1.10. The van der Waals surface area contributed by atoms with E-state index in [9.17, 15) is 9.59 Å². The van der Waals surface area contributed by atoms with Crippen LogP contribution in [0.2, 0.25) is 0 Å². The van der Waals surface area contributed by atoms with Gasteiger partial charge in [0.25, 0.3) is 0 Å². The quantitative estimate of drug-likeness (QED) is 0.727. The van der Waals surface area contributed by atoms with Gasteiger partial charge in [-0.15, -0.1) is 0 Å². The van der Waals surface area contributed by atoms with Crippen molar-refractivity contribution in [1.82, 2.24) is 4.90 Å². The molecule has 2 atom stereocenters. The fourth-order valence-electron chi connectivity index (χ4n) is 2.31. The van der Waals surface area contributed by atoms with Crippen molar-refractivity contribution >= 4 is 11.9 Å². The van der Waals surface area contributed by atoms with Gasteiger partial charge in [-0.1, -0.05) is 6.92 Å². The van der Waals surface area contributed by atoms with Crippen LogP contribution in [-0.2, 0) is 19.1 Å². The Morgan fingerprint density at radius 1 is 1.37 bits per heavy atom. The molecule has 1 rings (SSSR count). The van der Waals surface area contributed by atoms with Crippen LogP contribution in [0, 0.1) is 5.92 Å². The van der Waals surface area contributed by atoms with Gasteiger partial charge in [0.2, 0.25) is 0 Å². The van der Waals surface area contributed by atoms with Crippen molar-refractivity contribution in [3.63, 3.8) is 0 Å². The van der Waals surface area contributed by atoms with Gasteiger partial charge in [0.05, 0.1) is 13.0 Å². The molecule has 1 aliphatic rings. The second-order valence-corrected chi connectivity index (χ2v) is 6.11. The lowest BCUT2D eigenvalue weighted by Crippen LogP contribution is -2.43. The summed E-state index contributed by atoms with van der Waals surface area (Å²) in [6, 6.07) is -0.230. The summed E-state index contributed by atoms with van der Waals surface area (Å²) in [4.78, 5) is 25.6. The summed E-state index contributed by atoms with van der Waals surface area (Å²) >= 11 is 0. The molecular formula is C14H25NO4. The average molecular weight is 271 g/mol. The van der Waals surface area contributed by atoms with Crippen molar-refractivity contribution in [2.24, 2.45) is 5.92 Å². The zero-order chi connectivity index (χ0) is 14.6. The lowest BCUT2D eigenvalue weighted by atomic mass is 10.1. The van der Waals surface area contributed by atoms with E-state index in [0.29, 0.717) is 6.54 Å². The van der Waals surface area contributed by atoms with Crippen molar-refractivity contribution in [3.05, 3.63) is 0 Å². The summed E-state index contributed by atoms with van der Waals surface area (Å²) < 4.78 is 10.1. The summed E-state index contributed by atoms with van der Waals surface area (Å²) in [5.74, 6) is -0.662. The van der Waals surface area contributed by atoms with Gasteiger partial charge < -0.3 is 9.47 Å². The minimum Gasteiger partial charge on any atom is -0.469 e. The number of rotatable bonds is 4. The molecule has 5 heteroatoms. The van der Waals surface area contributed by atoms with Crippen LogP contribution in [0.4, 0.5) is 0 Å². The SMILES string of the molecule is COC(=O)C(C)CN1CCC[C@@H]1C(=O)OC(C)(C)C. The first-order valence-electron chi connectivity index (χ1n) is 6.79. The molecule has 0 bridgehead atoms. The summed E-state index contributed by atoms with van der Waals surface area (Å²) in [5.41, 5.74) is -0.473. The maximum atomic E-state index is 12.1. The van der Waals surface area contributed by atoms with Gasteiger partial charge >= 0.3 is 11.9 Å². The molecule has 0 amide bonds. The maximum Gasteiger partial charge on any atom is 0.323 e. The van der Waals surface area contributed by atoms with E-state index in [1.54, 1.807) is 0 Å². The molecule has 1 saturated heterocycles. The lowest BCUT2D eigenvalue weighted by molar-refractivity contribution is -0.161. The Balaban J connectivity index is 2.59. The van der Waals surface area contributed by atoms with Crippen LogP contribution in [0.15, 0.2) is 0 Å². The number of carbonyl (C=O) groups excluding carboxylic acids is 2. The molecular weight excluding hydrogens is 246 g/mol. The molecule has 1 unspecified atom stereocenters. The fraction of sp³-hybridized carbons (Fsp3) is 0.857. The highest BCUT2D eigenvalue weighted by atomic mass is 16.6. The first-order chi connectivity index (χ1) is 8.74. The first-order valence-corrected chi connectivity index (χ1v) is 6.79. The summed E-state index contributed by atoms with van der Waals surface area (Å²) in [6.45, 7) is 8.77. The standard InChI is InChI=1S/C14H25NO4/c1-10(12(16)18-5)9-15-8-6-7-11(15)13(17)19-14(2,3)4/h10-11H,6-9H2,1-5H3/t10?,11-/m1/s1. The third-order valence-corrected chi connectivity index (χ3v) is 3.15. The molecule has 1 aliphatic heterocycles. The van der Waals surface area contributed by atoms with Crippen LogP contribution < -0.4 is 0 Å². The summed E-state index contributed by atoms with van der Waals surface area (Å²) in [5, 5.41) is 0.